The number of nitrogens with zero attached hydrogens (tertiary/aromatic N) is 2. The van der Waals surface area contributed by atoms with E-state index in [4.69, 9.17) is 0 Å². The Hall–Kier alpha value is -0.580. The van der Waals surface area contributed by atoms with Gasteiger partial charge in [-0.3, -0.25) is 4.99 Å². The van der Waals surface area contributed by atoms with E-state index < -0.39 is 12.3 Å². The largest absolute Gasteiger partial charge is 0.425 e. The molecule has 51 valence electrons. The van der Waals surface area contributed by atoms with E-state index in [1.54, 1.807) is 0 Å². The summed E-state index contributed by atoms with van der Waals surface area (Å²) in [6.07, 6.45) is -4.91. The van der Waals surface area contributed by atoms with Crippen molar-refractivity contribution in [2.24, 2.45) is 4.99 Å². The quantitative estimate of drug-likeness (QED) is 0.466. The maximum Gasteiger partial charge on any atom is 0.425 e. The Balaban J connectivity index is 2.53. The number of aliphatic imine (C=N–C) groups is 1. The van der Waals surface area contributed by atoms with Crippen LogP contribution < -0.4 is 5.32 Å². The molecule has 0 aromatic rings. The zero-order chi connectivity index (χ0) is 6.91. The zero-order valence-electron chi connectivity index (χ0n) is 4.39. The maximum absolute atomic E-state index is 11.6. The van der Waals surface area contributed by atoms with Gasteiger partial charge in [0.05, 0.1) is 6.54 Å². The fourth-order valence-electron chi connectivity index (χ4n) is 0.529. The van der Waals surface area contributed by atoms with E-state index in [1.807, 2.05) is 0 Å². The van der Waals surface area contributed by atoms with Crippen LogP contribution in [0.4, 0.5) is 13.2 Å². The lowest BCUT2D eigenvalue weighted by Crippen LogP contribution is -2.32. The first kappa shape index (κ1) is 6.54. The van der Waals surface area contributed by atoms with Crippen LogP contribution in [0, 0.1) is 0 Å². The van der Waals surface area contributed by atoms with Crippen LogP contribution >= 0.6 is 0 Å². The zero-order valence-corrected chi connectivity index (χ0v) is 4.39. The van der Waals surface area contributed by atoms with Crippen LogP contribution in [-0.2, 0) is 0 Å². The molecule has 1 radical (unpaired) electrons. The summed E-state index contributed by atoms with van der Waals surface area (Å²) >= 11 is 0. The number of rotatable bonds is 0. The van der Waals surface area contributed by atoms with Crippen molar-refractivity contribution in [3.05, 3.63) is 0 Å². The predicted molar refractivity (Wildman–Crippen MR) is 25.3 cm³/mol. The van der Waals surface area contributed by atoms with Gasteiger partial charge in [-0.2, -0.15) is 13.2 Å². The fourth-order valence-corrected chi connectivity index (χ4v) is 0.529. The van der Waals surface area contributed by atoms with E-state index in [2.05, 4.69) is 10.3 Å². The Morgan fingerprint density at radius 1 is 1.44 bits per heavy atom. The Morgan fingerprint density at radius 3 is 2.33 bits per heavy atom. The second kappa shape index (κ2) is 1.98. The number of halogens is 3. The summed E-state index contributed by atoms with van der Waals surface area (Å²) in [4.78, 5) is 3.09. The highest BCUT2D eigenvalue weighted by Gasteiger charge is 2.41. The van der Waals surface area contributed by atoms with Gasteiger partial charge < -0.3 is 0 Å². The van der Waals surface area contributed by atoms with Crippen molar-refractivity contribution in [2.45, 2.75) is 12.3 Å². The molecule has 0 N–H and O–H groups in total. The van der Waals surface area contributed by atoms with E-state index >= 15 is 0 Å². The fraction of sp³-hybridized carbons (Fsp3) is 0.750. The molecule has 0 bridgehead atoms. The van der Waals surface area contributed by atoms with E-state index in [-0.39, 0.29) is 6.54 Å². The summed E-state index contributed by atoms with van der Waals surface area (Å²) in [5.74, 6) is 0. The summed E-state index contributed by atoms with van der Waals surface area (Å²) in [7, 11) is 0. The third-order valence-electron chi connectivity index (χ3n) is 0.899. The average Bonchev–Trinajstić information content (AvgIpc) is 2.08. The Kier molecular flexibility index (Phi) is 1.44. The van der Waals surface area contributed by atoms with Crippen molar-refractivity contribution in [3.8, 4) is 0 Å². The SMILES string of the molecule is FC(F)(F)C1[N]CC=N1. The molecule has 0 aliphatic carbocycles. The second-order valence-electron chi connectivity index (χ2n) is 1.61. The average molecular weight is 137 g/mol. The van der Waals surface area contributed by atoms with Gasteiger partial charge in [0.25, 0.3) is 0 Å². The lowest BCUT2D eigenvalue weighted by atomic mass is 10.5. The van der Waals surface area contributed by atoms with Crippen LogP contribution in [0.25, 0.3) is 0 Å². The molecular formula is C4H4F3N2. The molecule has 0 aromatic heterocycles. The molecule has 5 heteroatoms. The highest BCUT2D eigenvalue weighted by Crippen LogP contribution is 2.22. The molecule has 0 amide bonds. The standard InChI is InChI=1S/C4H4F3N2/c5-4(6,7)3-8-1-2-9-3/h1,3H,2H2. The first-order chi connectivity index (χ1) is 4.11. The van der Waals surface area contributed by atoms with Crippen LogP contribution in [0.3, 0.4) is 0 Å². The van der Waals surface area contributed by atoms with E-state index in [0.717, 1.165) is 6.21 Å². The lowest BCUT2D eigenvalue weighted by molar-refractivity contribution is -0.151. The van der Waals surface area contributed by atoms with Gasteiger partial charge in [0.2, 0.25) is 6.17 Å². The van der Waals surface area contributed by atoms with Crippen LogP contribution in [0.5, 0.6) is 0 Å². The molecule has 0 fully saturated rings. The minimum atomic E-state index is -4.28. The summed E-state index contributed by atoms with van der Waals surface area (Å²) in [6, 6.07) is 0. The monoisotopic (exact) mass is 137 g/mol. The molecule has 0 spiro atoms. The van der Waals surface area contributed by atoms with Crippen LogP contribution in [0.1, 0.15) is 0 Å². The van der Waals surface area contributed by atoms with Gasteiger partial charge in [0.1, 0.15) is 0 Å². The predicted octanol–water partition coefficient (Wildman–Crippen LogP) is 0.564. The summed E-state index contributed by atoms with van der Waals surface area (Å²) < 4.78 is 34.7. The number of hydrogen-bond acceptors (Lipinski definition) is 1. The van der Waals surface area contributed by atoms with E-state index in [1.165, 1.54) is 0 Å². The topological polar surface area (TPSA) is 26.5 Å². The van der Waals surface area contributed by atoms with Crippen molar-refractivity contribution in [3.63, 3.8) is 0 Å². The molecule has 9 heavy (non-hydrogen) atoms. The van der Waals surface area contributed by atoms with E-state index in [0.29, 0.717) is 0 Å². The van der Waals surface area contributed by atoms with Gasteiger partial charge in [-0.1, -0.05) is 0 Å². The number of hydrogen-bond donors (Lipinski definition) is 0. The first-order valence-corrected chi connectivity index (χ1v) is 2.35. The lowest BCUT2D eigenvalue weighted by Gasteiger charge is -2.09. The van der Waals surface area contributed by atoms with Crippen LogP contribution in [-0.4, -0.2) is 25.1 Å². The highest BCUT2D eigenvalue weighted by atomic mass is 19.4. The van der Waals surface area contributed by atoms with Crippen molar-refractivity contribution in [1.29, 1.82) is 0 Å². The van der Waals surface area contributed by atoms with Crippen molar-refractivity contribution in [2.75, 3.05) is 6.54 Å². The smallest absolute Gasteiger partial charge is 0.266 e. The van der Waals surface area contributed by atoms with Gasteiger partial charge in [0, 0.05) is 6.21 Å². The van der Waals surface area contributed by atoms with Crippen LogP contribution in [0.15, 0.2) is 4.99 Å². The first-order valence-electron chi connectivity index (χ1n) is 2.35. The molecule has 1 heterocycles. The Labute approximate surface area is 49.8 Å². The third kappa shape index (κ3) is 1.41. The summed E-state index contributed by atoms with van der Waals surface area (Å²) in [6.45, 7) is 0.0875. The van der Waals surface area contributed by atoms with Gasteiger partial charge in [0.15, 0.2) is 0 Å². The minimum absolute atomic E-state index is 0.0875. The molecule has 0 saturated carbocycles. The molecule has 1 atom stereocenters. The summed E-state index contributed by atoms with van der Waals surface area (Å²) in [5.41, 5.74) is 0. The van der Waals surface area contributed by atoms with Gasteiger partial charge in [-0.25, -0.2) is 5.32 Å². The minimum Gasteiger partial charge on any atom is -0.266 e. The molecule has 2 nitrogen and oxygen atoms in total. The van der Waals surface area contributed by atoms with Crippen molar-refractivity contribution in [1.82, 2.24) is 5.32 Å². The molecule has 1 unspecified atom stereocenters. The Bertz CT molecular complexity index is 128. The summed E-state index contributed by atoms with van der Waals surface area (Å²) in [5, 5.41) is 3.16. The van der Waals surface area contributed by atoms with Gasteiger partial charge in [-0.15, -0.1) is 0 Å². The van der Waals surface area contributed by atoms with Crippen molar-refractivity contribution < 1.29 is 13.2 Å². The second-order valence-corrected chi connectivity index (χ2v) is 1.61. The van der Waals surface area contributed by atoms with Crippen molar-refractivity contribution >= 4 is 6.21 Å². The number of alkyl halides is 3. The highest BCUT2D eigenvalue weighted by molar-refractivity contribution is 5.62. The van der Waals surface area contributed by atoms with E-state index in [9.17, 15) is 13.2 Å². The molecule has 0 aromatic carbocycles. The third-order valence-corrected chi connectivity index (χ3v) is 0.899. The molecule has 0 saturated heterocycles. The van der Waals surface area contributed by atoms with Crippen LogP contribution in [0.2, 0.25) is 0 Å². The Morgan fingerprint density at radius 2 is 2.11 bits per heavy atom. The molecular weight excluding hydrogens is 133 g/mol. The molecule has 1 aliphatic heterocycles. The van der Waals surface area contributed by atoms with Gasteiger partial charge >= 0.3 is 6.18 Å². The molecule has 1 rings (SSSR count). The normalized spacial score (nSPS) is 27.2. The van der Waals surface area contributed by atoms with Gasteiger partial charge in [-0.05, 0) is 0 Å². The molecule has 1 aliphatic rings. The maximum atomic E-state index is 11.6.